The summed E-state index contributed by atoms with van der Waals surface area (Å²) in [6, 6.07) is 14.2. The lowest BCUT2D eigenvalue weighted by atomic mass is 10.1. The van der Waals surface area contributed by atoms with Gasteiger partial charge in [0.25, 0.3) is 11.5 Å². The molecule has 1 N–H and O–H groups in total. The topological polar surface area (TPSA) is 101 Å². The Balaban J connectivity index is 1.65. The van der Waals surface area contributed by atoms with Crippen molar-refractivity contribution in [3.63, 3.8) is 0 Å². The SMILES string of the molecule is CN(C)S(=O)(=O)c1ccc(C(=O)NCCn2nc(-c3ccc(F)cc3)ccc2=O)cc1. The molecule has 0 aliphatic rings. The largest absolute Gasteiger partial charge is 0.350 e. The Morgan fingerprint density at radius 1 is 1.03 bits per heavy atom. The number of nitrogens with one attached hydrogen (secondary N) is 1. The molecule has 1 heterocycles. The number of halogens is 1. The molecular formula is C21H21FN4O4S. The van der Waals surface area contributed by atoms with Gasteiger partial charge in [-0.05, 0) is 54.6 Å². The molecule has 3 aromatic rings. The minimum absolute atomic E-state index is 0.0856. The molecule has 162 valence electrons. The van der Waals surface area contributed by atoms with Crippen molar-refractivity contribution in [2.75, 3.05) is 20.6 Å². The normalized spacial score (nSPS) is 11.5. The molecule has 0 atom stereocenters. The van der Waals surface area contributed by atoms with E-state index in [0.29, 0.717) is 11.3 Å². The van der Waals surface area contributed by atoms with Crippen LogP contribution in [0.1, 0.15) is 10.4 Å². The Labute approximate surface area is 179 Å². The van der Waals surface area contributed by atoms with Gasteiger partial charge < -0.3 is 5.32 Å². The Morgan fingerprint density at radius 2 is 1.68 bits per heavy atom. The first-order chi connectivity index (χ1) is 14.7. The van der Waals surface area contributed by atoms with Crippen LogP contribution in [0.15, 0.2) is 70.4 Å². The molecule has 0 aliphatic heterocycles. The molecule has 0 aliphatic carbocycles. The van der Waals surface area contributed by atoms with Crippen molar-refractivity contribution in [2.45, 2.75) is 11.4 Å². The van der Waals surface area contributed by atoms with Gasteiger partial charge in [0.05, 0.1) is 17.1 Å². The summed E-state index contributed by atoms with van der Waals surface area (Å²) in [6.07, 6.45) is 0. The predicted octanol–water partition coefficient (Wildman–Crippen LogP) is 1.73. The van der Waals surface area contributed by atoms with E-state index in [2.05, 4.69) is 10.4 Å². The summed E-state index contributed by atoms with van der Waals surface area (Å²) in [5.74, 6) is -0.774. The number of rotatable bonds is 7. The highest BCUT2D eigenvalue weighted by Crippen LogP contribution is 2.16. The molecule has 8 nitrogen and oxygen atoms in total. The first-order valence-corrected chi connectivity index (χ1v) is 10.8. The van der Waals surface area contributed by atoms with Crippen LogP contribution >= 0.6 is 0 Å². The van der Waals surface area contributed by atoms with Gasteiger partial charge in [-0.15, -0.1) is 0 Å². The minimum atomic E-state index is -3.57. The smallest absolute Gasteiger partial charge is 0.266 e. The molecule has 1 aromatic heterocycles. The number of aromatic nitrogens is 2. The van der Waals surface area contributed by atoms with Gasteiger partial charge in [0.15, 0.2) is 0 Å². The van der Waals surface area contributed by atoms with Gasteiger partial charge in [-0.2, -0.15) is 5.10 Å². The monoisotopic (exact) mass is 444 g/mol. The van der Waals surface area contributed by atoms with Gasteiger partial charge in [0.2, 0.25) is 10.0 Å². The number of carbonyl (C=O) groups is 1. The number of carbonyl (C=O) groups excluding carboxylic acids is 1. The van der Waals surface area contributed by atoms with Crippen LogP contribution in [0.2, 0.25) is 0 Å². The van der Waals surface area contributed by atoms with Gasteiger partial charge in [0.1, 0.15) is 5.82 Å². The third-order valence-electron chi connectivity index (χ3n) is 4.51. The molecule has 10 heteroatoms. The fourth-order valence-corrected chi connectivity index (χ4v) is 3.65. The first-order valence-electron chi connectivity index (χ1n) is 9.33. The van der Waals surface area contributed by atoms with Gasteiger partial charge in [-0.25, -0.2) is 21.8 Å². The molecule has 0 spiro atoms. The molecule has 0 radical (unpaired) electrons. The number of nitrogens with zero attached hydrogens (tertiary/aromatic N) is 3. The third-order valence-corrected chi connectivity index (χ3v) is 6.34. The van der Waals surface area contributed by atoms with Gasteiger partial charge in [0, 0.05) is 37.8 Å². The first kappa shape index (κ1) is 22.3. The van der Waals surface area contributed by atoms with Crippen molar-refractivity contribution in [1.29, 1.82) is 0 Å². The van der Waals surface area contributed by atoms with Crippen LogP contribution in [0.4, 0.5) is 4.39 Å². The molecule has 3 rings (SSSR count). The van der Waals surface area contributed by atoms with Crippen LogP contribution < -0.4 is 10.9 Å². The van der Waals surface area contributed by atoms with Crippen LogP contribution in [0.25, 0.3) is 11.3 Å². The molecule has 0 saturated heterocycles. The molecule has 0 unspecified atom stereocenters. The van der Waals surface area contributed by atoms with E-state index < -0.39 is 15.9 Å². The van der Waals surface area contributed by atoms with E-state index in [-0.39, 0.29) is 34.9 Å². The summed E-state index contributed by atoms with van der Waals surface area (Å²) in [6.45, 7) is 0.267. The lowest BCUT2D eigenvalue weighted by molar-refractivity contribution is 0.0951. The number of amides is 1. The lowest BCUT2D eigenvalue weighted by Gasteiger charge is -2.12. The summed E-state index contributed by atoms with van der Waals surface area (Å²) >= 11 is 0. The zero-order valence-corrected chi connectivity index (χ0v) is 17.8. The highest BCUT2D eigenvalue weighted by Gasteiger charge is 2.17. The van der Waals surface area contributed by atoms with Crippen molar-refractivity contribution in [2.24, 2.45) is 0 Å². The van der Waals surface area contributed by atoms with Crippen molar-refractivity contribution in [3.8, 4) is 11.3 Å². The predicted molar refractivity (Wildman–Crippen MR) is 114 cm³/mol. The van der Waals surface area contributed by atoms with Crippen molar-refractivity contribution in [1.82, 2.24) is 19.4 Å². The zero-order chi connectivity index (χ0) is 22.6. The molecule has 0 fully saturated rings. The van der Waals surface area contributed by atoms with Gasteiger partial charge in [-0.3, -0.25) is 9.59 Å². The maximum absolute atomic E-state index is 13.1. The summed E-state index contributed by atoms with van der Waals surface area (Å²) in [5.41, 5.74) is 1.12. The lowest BCUT2D eigenvalue weighted by Crippen LogP contribution is -2.32. The number of sulfonamides is 1. The highest BCUT2D eigenvalue weighted by molar-refractivity contribution is 7.89. The van der Waals surface area contributed by atoms with E-state index in [4.69, 9.17) is 0 Å². The average molecular weight is 444 g/mol. The molecule has 31 heavy (non-hydrogen) atoms. The second-order valence-electron chi connectivity index (χ2n) is 6.85. The van der Waals surface area contributed by atoms with Crippen LogP contribution in [0.3, 0.4) is 0 Å². The molecule has 0 bridgehead atoms. The second kappa shape index (κ2) is 9.19. The zero-order valence-electron chi connectivity index (χ0n) is 16.9. The Kier molecular flexibility index (Phi) is 6.62. The second-order valence-corrected chi connectivity index (χ2v) is 9.01. The summed E-state index contributed by atoms with van der Waals surface area (Å²) in [7, 11) is -0.717. The van der Waals surface area contributed by atoms with E-state index in [1.807, 2.05) is 0 Å². The van der Waals surface area contributed by atoms with Crippen molar-refractivity contribution >= 4 is 15.9 Å². The maximum Gasteiger partial charge on any atom is 0.266 e. The van der Waals surface area contributed by atoms with Crippen LogP contribution in [0.5, 0.6) is 0 Å². The molecule has 2 aromatic carbocycles. The third kappa shape index (κ3) is 5.22. The van der Waals surface area contributed by atoms with Gasteiger partial charge in [-0.1, -0.05) is 0 Å². The Hall–Kier alpha value is -3.37. The summed E-state index contributed by atoms with van der Waals surface area (Å²) in [4.78, 5) is 24.5. The van der Waals surface area contributed by atoms with Crippen molar-refractivity contribution in [3.05, 3.63) is 82.4 Å². The summed E-state index contributed by atoms with van der Waals surface area (Å²) < 4.78 is 39.6. The quantitative estimate of drug-likeness (QED) is 0.598. The van der Waals surface area contributed by atoms with E-state index in [9.17, 15) is 22.4 Å². The number of benzene rings is 2. The molecule has 0 saturated carbocycles. The van der Waals surface area contributed by atoms with Crippen LogP contribution in [-0.4, -0.2) is 49.1 Å². The van der Waals surface area contributed by atoms with Crippen LogP contribution in [0, 0.1) is 5.82 Å². The number of hydrogen-bond acceptors (Lipinski definition) is 5. The fraction of sp³-hybridized carbons (Fsp3) is 0.190. The Bertz CT molecular complexity index is 1240. The fourth-order valence-electron chi connectivity index (χ4n) is 2.75. The van der Waals surface area contributed by atoms with E-state index >= 15 is 0 Å². The average Bonchev–Trinajstić information content (AvgIpc) is 2.75. The van der Waals surface area contributed by atoms with Crippen LogP contribution in [-0.2, 0) is 16.6 Å². The molecular weight excluding hydrogens is 423 g/mol. The van der Waals surface area contributed by atoms with E-state index in [1.54, 1.807) is 18.2 Å². The maximum atomic E-state index is 13.1. The Morgan fingerprint density at radius 3 is 2.29 bits per heavy atom. The minimum Gasteiger partial charge on any atom is -0.350 e. The molecule has 1 amide bonds. The summed E-state index contributed by atoms with van der Waals surface area (Å²) in [5, 5.41) is 6.93. The van der Waals surface area contributed by atoms with E-state index in [0.717, 1.165) is 4.31 Å². The van der Waals surface area contributed by atoms with E-state index in [1.165, 1.54) is 61.2 Å². The number of hydrogen-bond donors (Lipinski definition) is 1. The van der Waals surface area contributed by atoms with Gasteiger partial charge >= 0.3 is 0 Å². The highest BCUT2D eigenvalue weighted by atomic mass is 32.2. The standard InChI is InChI=1S/C21H21FN4O4S/c1-25(2)31(29,30)18-9-5-16(6-10-18)21(28)23-13-14-26-20(27)12-11-19(24-26)15-3-7-17(22)8-4-15/h3-12H,13-14H2,1-2H3,(H,23,28). The van der Waals surface area contributed by atoms with Crippen molar-refractivity contribution < 1.29 is 17.6 Å².